The third kappa shape index (κ3) is 1.84. The SMILES string of the molecule is CC1(C(=O)CC2CC3CCC2C3)COCC1N. The number of rotatable bonds is 3. The van der Waals surface area contributed by atoms with Crippen molar-refractivity contribution < 1.29 is 9.53 Å². The minimum Gasteiger partial charge on any atom is -0.379 e. The molecule has 17 heavy (non-hydrogen) atoms. The second-order valence-electron chi connectivity index (χ2n) is 6.60. The minimum absolute atomic E-state index is 0.103. The lowest BCUT2D eigenvalue weighted by Crippen LogP contribution is -2.45. The number of hydrogen-bond acceptors (Lipinski definition) is 3. The maximum absolute atomic E-state index is 12.4. The number of Topliss-reactive ketones (excluding diaryl/α,β-unsaturated/α-hetero) is 1. The second kappa shape index (κ2) is 4.06. The fraction of sp³-hybridized carbons (Fsp3) is 0.929. The smallest absolute Gasteiger partial charge is 0.143 e. The third-order valence-electron chi connectivity index (χ3n) is 5.49. The number of hydrogen-bond donors (Lipinski definition) is 1. The van der Waals surface area contributed by atoms with Gasteiger partial charge in [0.05, 0.1) is 18.6 Å². The molecular weight excluding hydrogens is 214 g/mol. The highest BCUT2D eigenvalue weighted by molar-refractivity contribution is 5.86. The number of ether oxygens (including phenoxy) is 1. The molecule has 96 valence electrons. The molecule has 0 aromatic heterocycles. The van der Waals surface area contributed by atoms with Crippen LogP contribution in [0.5, 0.6) is 0 Å². The number of nitrogens with two attached hydrogens (primary N) is 1. The summed E-state index contributed by atoms with van der Waals surface area (Å²) >= 11 is 0. The van der Waals surface area contributed by atoms with Gasteiger partial charge in [-0.2, -0.15) is 0 Å². The van der Waals surface area contributed by atoms with Crippen LogP contribution in [0, 0.1) is 23.2 Å². The lowest BCUT2D eigenvalue weighted by molar-refractivity contribution is -0.129. The van der Waals surface area contributed by atoms with Gasteiger partial charge in [-0.3, -0.25) is 4.79 Å². The first-order valence-corrected chi connectivity index (χ1v) is 6.96. The van der Waals surface area contributed by atoms with Crippen molar-refractivity contribution in [3.63, 3.8) is 0 Å². The van der Waals surface area contributed by atoms with Gasteiger partial charge in [-0.15, -0.1) is 0 Å². The largest absolute Gasteiger partial charge is 0.379 e. The summed E-state index contributed by atoms with van der Waals surface area (Å²) in [6, 6.07) is -0.103. The Hall–Kier alpha value is -0.410. The van der Waals surface area contributed by atoms with Gasteiger partial charge in [-0.25, -0.2) is 0 Å². The molecule has 1 heterocycles. The number of carbonyl (C=O) groups is 1. The quantitative estimate of drug-likeness (QED) is 0.813. The van der Waals surface area contributed by atoms with Crippen molar-refractivity contribution in [3.8, 4) is 0 Å². The van der Waals surface area contributed by atoms with E-state index in [1.165, 1.54) is 25.7 Å². The Morgan fingerprint density at radius 3 is 2.76 bits per heavy atom. The Kier molecular flexibility index (Phi) is 2.79. The molecule has 1 aliphatic heterocycles. The van der Waals surface area contributed by atoms with Crippen molar-refractivity contribution in [3.05, 3.63) is 0 Å². The van der Waals surface area contributed by atoms with Crippen molar-refractivity contribution in [2.45, 2.75) is 45.1 Å². The van der Waals surface area contributed by atoms with Gasteiger partial charge < -0.3 is 10.5 Å². The molecule has 2 saturated carbocycles. The molecule has 1 saturated heterocycles. The van der Waals surface area contributed by atoms with Crippen LogP contribution in [0.4, 0.5) is 0 Å². The van der Waals surface area contributed by atoms with Gasteiger partial charge >= 0.3 is 0 Å². The zero-order valence-corrected chi connectivity index (χ0v) is 10.7. The highest BCUT2D eigenvalue weighted by Crippen LogP contribution is 2.50. The van der Waals surface area contributed by atoms with Crippen LogP contribution in [0.2, 0.25) is 0 Å². The Labute approximate surface area is 103 Å². The van der Waals surface area contributed by atoms with Crippen molar-refractivity contribution in [2.75, 3.05) is 13.2 Å². The predicted molar refractivity (Wildman–Crippen MR) is 65.5 cm³/mol. The summed E-state index contributed by atoms with van der Waals surface area (Å²) in [5.41, 5.74) is 5.60. The third-order valence-corrected chi connectivity index (χ3v) is 5.49. The lowest BCUT2D eigenvalue weighted by atomic mass is 9.75. The van der Waals surface area contributed by atoms with Crippen molar-refractivity contribution in [1.82, 2.24) is 0 Å². The molecule has 3 rings (SSSR count). The summed E-state index contributed by atoms with van der Waals surface area (Å²) in [6.07, 6.45) is 6.14. The molecule has 2 aliphatic carbocycles. The zero-order valence-electron chi connectivity index (χ0n) is 10.7. The molecule has 2 bridgehead atoms. The molecule has 0 aromatic carbocycles. The van der Waals surface area contributed by atoms with E-state index in [1.54, 1.807) is 0 Å². The molecule has 0 radical (unpaired) electrons. The monoisotopic (exact) mass is 237 g/mol. The average molecular weight is 237 g/mol. The van der Waals surface area contributed by atoms with Gasteiger partial charge in [0.2, 0.25) is 0 Å². The molecule has 3 fully saturated rings. The Balaban J connectivity index is 1.64. The first-order valence-electron chi connectivity index (χ1n) is 6.96. The molecule has 3 aliphatic rings. The van der Waals surface area contributed by atoms with E-state index >= 15 is 0 Å². The van der Waals surface area contributed by atoms with Crippen molar-refractivity contribution >= 4 is 5.78 Å². The van der Waals surface area contributed by atoms with Crippen LogP contribution < -0.4 is 5.73 Å². The summed E-state index contributed by atoms with van der Waals surface area (Å²) < 4.78 is 5.37. The van der Waals surface area contributed by atoms with Gasteiger partial charge in [0.1, 0.15) is 5.78 Å². The maximum atomic E-state index is 12.4. The fourth-order valence-corrected chi connectivity index (χ4v) is 4.07. The van der Waals surface area contributed by atoms with Crippen LogP contribution in [0.25, 0.3) is 0 Å². The predicted octanol–water partition coefficient (Wildman–Crippen LogP) is 1.75. The van der Waals surface area contributed by atoms with Crippen LogP contribution in [0.15, 0.2) is 0 Å². The number of ketones is 1. The van der Waals surface area contributed by atoms with Crippen molar-refractivity contribution in [1.29, 1.82) is 0 Å². The summed E-state index contributed by atoms with van der Waals surface area (Å²) in [4.78, 5) is 12.4. The molecule has 0 aromatic rings. The molecular formula is C14H23NO2. The molecule has 3 heteroatoms. The number of carbonyl (C=O) groups excluding carboxylic acids is 1. The van der Waals surface area contributed by atoms with E-state index in [4.69, 9.17) is 10.5 Å². The van der Waals surface area contributed by atoms with Gasteiger partial charge in [0.25, 0.3) is 0 Å². The molecule has 2 N–H and O–H groups in total. The summed E-state index contributed by atoms with van der Waals surface area (Å²) in [5, 5.41) is 0. The minimum atomic E-state index is -0.415. The molecule has 3 nitrogen and oxygen atoms in total. The fourth-order valence-electron chi connectivity index (χ4n) is 4.07. The van der Waals surface area contributed by atoms with Crippen LogP contribution in [-0.4, -0.2) is 25.0 Å². The van der Waals surface area contributed by atoms with Crippen LogP contribution >= 0.6 is 0 Å². The molecule has 0 spiro atoms. The van der Waals surface area contributed by atoms with E-state index < -0.39 is 5.41 Å². The molecule has 5 atom stereocenters. The normalized spacial score (nSPS) is 48.8. The Morgan fingerprint density at radius 2 is 2.24 bits per heavy atom. The standard InChI is InChI=1S/C14H23NO2/c1-14(8-17-7-12(14)15)13(16)6-11-5-9-2-3-10(11)4-9/h9-12H,2-8,15H2,1H3. The van der Waals surface area contributed by atoms with Crippen LogP contribution in [-0.2, 0) is 9.53 Å². The molecule has 5 unspecified atom stereocenters. The van der Waals surface area contributed by atoms with E-state index in [1.807, 2.05) is 6.92 Å². The summed E-state index contributed by atoms with van der Waals surface area (Å²) in [7, 11) is 0. The first-order chi connectivity index (χ1) is 8.09. The van der Waals surface area contributed by atoms with Gasteiger partial charge in [0, 0.05) is 12.5 Å². The van der Waals surface area contributed by atoms with E-state index in [-0.39, 0.29) is 6.04 Å². The second-order valence-corrected chi connectivity index (χ2v) is 6.60. The zero-order chi connectivity index (χ0) is 12.0. The van der Waals surface area contributed by atoms with Crippen LogP contribution in [0.3, 0.4) is 0 Å². The molecule has 0 amide bonds. The van der Waals surface area contributed by atoms with Crippen molar-refractivity contribution in [2.24, 2.45) is 28.9 Å². The number of fused-ring (bicyclic) bond motifs is 2. The Morgan fingerprint density at radius 1 is 1.41 bits per heavy atom. The Bertz CT molecular complexity index is 330. The topological polar surface area (TPSA) is 52.3 Å². The van der Waals surface area contributed by atoms with Gasteiger partial charge in [-0.05, 0) is 43.9 Å². The summed E-state index contributed by atoms with van der Waals surface area (Å²) in [5.74, 6) is 2.73. The van der Waals surface area contributed by atoms with E-state index in [9.17, 15) is 4.79 Å². The average Bonchev–Trinajstić information content (AvgIpc) is 2.96. The van der Waals surface area contributed by atoms with Crippen LogP contribution in [0.1, 0.15) is 39.0 Å². The van der Waals surface area contributed by atoms with Gasteiger partial charge in [0.15, 0.2) is 0 Å². The van der Waals surface area contributed by atoms with E-state index in [0.29, 0.717) is 24.9 Å². The highest BCUT2D eigenvalue weighted by Gasteiger charge is 2.47. The maximum Gasteiger partial charge on any atom is 0.143 e. The summed E-state index contributed by atoms with van der Waals surface area (Å²) in [6.45, 7) is 3.05. The highest BCUT2D eigenvalue weighted by atomic mass is 16.5. The van der Waals surface area contributed by atoms with Gasteiger partial charge in [-0.1, -0.05) is 6.42 Å². The first kappa shape index (κ1) is 11.7. The van der Waals surface area contributed by atoms with E-state index in [2.05, 4.69) is 0 Å². The van der Waals surface area contributed by atoms with E-state index in [0.717, 1.165) is 18.3 Å². The lowest BCUT2D eigenvalue weighted by Gasteiger charge is -2.29.